The highest BCUT2D eigenvalue weighted by atomic mass is 32.2. The van der Waals surface area contributed by atoms with Crippen molar-refractivity contribution in [3.05, 3.63) is 23.1 Å². The summed E-state index contributed by atoms with van der Waals surface area (Å²) >= 11 is 3.57. The zero-order valence-electron chi connectivity index (χ0n) is 15.2. The Hall–Kier alpha value is -1.24. The number of thiophene rings is 1. The molecule has 0 saturated heterocycles. The van der Waals surface area contributed by atoms with Crippen molar-refractivity contribution >= 4 is 43.5 Å². The average Bonchev–Trinajstić information content (AvgIpc) is 2.93. The van der Waals surface area contributed by atoms with Gasteiger partial charge in [-0.15, -0.1) is 23.1 Å². The first-order valence-electron chi connectivity index (χ1n) is 8.82. The Kier molecular flexibility index (Phi) is 4.46. The van der Waals surface area contributed by atoms with Gasteiger partial charge in [0.05, 0.1) is 22.4 Å². The van der Waals surface area contributed by atoms with Crippen molar-refractivity contribution < 1.29 is 4.74 Å². The zero-order valence-corrected chi connectivity index (χ0v) is 16.8. The summed E-state index contributed by atoms with van der Waals surface area (Å²) in [6, 6.07) is 0. The van der Waals surface area contributed by atoms with E-state index in [1.54, 1.807) is 17.7 Å². The van der Waals surface area contributed by atoms with Crippen molar-refractivity contribution in [1.82, 2.24) is 15.0 Å². The first-order chi connectivity index (χ1) is 12.0. The lowest BCUT2D eigenvalue weighted by molar-refractivity contribution is -0.0400. The molecule has 4 nitrogen and oxygen atoms in total. The average molecular weight is 374 g/mol. The molecule has 0 fully saturated rings. The molecule has 1 aliphatic heterocycles. The molecule has 0 aliphatic carbocycles. The molecule has 25 heavy (non-hydrogen) atoms. The summed E-state index contributed by atoms with van der Waals surface area (Å²) in [6.45, 7) is 9.27. The third-order valence-electron chi connectivity index (χ3n) is 4.74. The van der Waals surface area contributed by atoms with E-state index < -0.39 is 0 Å². The Morgan fingerprint density at radius 2 is 2.12 bits per heavy atom. The Morgan fingerprint density at radius 3 is 2.92 bits per heavy atom. The maximum absolute atomic E-state index is 6.03. The number of aryl methyl sites for hydroxylation is 1. The fraction of sp³-hybridized carbons (Fsp3) is 0.526. The van der Waals surface area contributed by atoms with Crippen LogP contribution >= 0.6 is 23.1 Å². The number of rotatable bonds is 4. The maximum atomic E-state index is 6.03. The van der Waals surface area contributed by atoms with Crippen LogP contribution in [-0.2, 0) is 17.8 Å². The molecule has 0 spiro atoms. The number of hydrogen-bond acceptors (Lipinski definition) is 6. The number of pyridine rings is 1. The van der Waals surface area contributed by atoms with Crippen molar-refractivity contribution in [1.29, 1.82) is 0 Å². The van der Waals surface area contributed by atoms with Gasteiger partial charge in [-0.1, -0.05) is 13.3 Å². The van der Waals surface area contributed by atoms with Crippen LogP contribution in [0.1, 0.15) is 50.4 Å². The molecule has 6 heteroatoms. The fourth-order valence-corrected chi connectivity index (χ4v) is 5.73. The quantitative estimate of drug-likeness (QED) is 0.353. The lowest BCUT2D eigenvalue weighted by Crippen LogP contribution is -2.32. The highest BCUT2D eigenvalue weighted by Gasteiger charge is 2.30. The second kappa shape index (κ2) is 6.49. The minimum atomic E-state index is -0.145. The normalized spacial score (nSPS) is 16.5. The molecule has 0 radical (unpaired) electrons. The molecule has 3 aromatic heterocycles. The van der Waals surface area contributed by atoms with Gasteiger partial charge in [-0.2, -0.15) is 0 Å². The first-order valence-corrected chi connectivity index (χ1v) is 10.6. The van der Waals surface area contributed by atoms with E-state index in [0.29, 0.717) is 6.61 Å². The molecule has 3 aromatic rings. The minimum absolute atomic E-state index is 0.145. The maximum Gasteiger partial charge on any atom is 0.126 e. The van der Waals surface area contributed by atoms with Crippen LogP contribution in [0.15, 0.2) is 11.4 Å². The highest BCUT2D eigenvalue weighted by molar-refractivity contribution is 7.99. The fourth-order valence-electron chi connectivity index (χ4n) is 3.36. The topological polar surface area (TPSA) is 47.9 Å². The molecule has 0 bridgehead atoms. The number of nitrogens with zero attached hydrogens (tertiary/aromatic N) is 3. The summed E-state index contributed by atoms with van der Waals surface area (Å²) in [5, 5.41) is 2.32. The second-order valence-corrected chi connectivity index (χ2v) is 9.30. The number of unbranched alkanes of at least 4 members (excludes halogenated alkanes) is 1. The number of hydrogen-bond donors (Lipinski definition) is 0. The molecule has 0 unspecified atom stereocenters. The van der Waals surface area contributed by atoms with Crippen LogP contribution in [0.3, 0.4) is 0 Å². The highest BCUT2D eigenvalue weighted by Crippen LogP contribution is 2.42. The summed E-state index contributed by atoms with van der Waals surface area (Å²) < 4.78 is 7.21. The van der Waals surface area contributed by atoms with Crippen LogP contribution in [0, 0.1) is 6.92 Å². The predicted molar refractivity (Wildman–Crippen MR) is 106 cm³/mol. The van der Waals surface area contributed by atoms with Gasteiger partial charge in [-0.3, -0.25) is 0 Å². The van der Waals surface area contributed by atoms with Crippen molar-refractivity contribution in [2.24, 2.45) is 0 Å². The van der Waals surface area contributed by atoms with Crippen LogP contribution in [0.25, 0.3) is 20.4 Å². The van der Waals surface area contributed by atoms with Crippen LogP contribution in [0.4, 0.5) is 0 Å². The van der Waals surface area contributed by atoms with E-state index in [1.165, 1.54) is 34.1 Å². The number of ether oxygens (including phenoxy) is 1. The largest absolute Gasteiger partial charge is 0.370 e. The van der Waals surface area contributed by atoms with E-state index in [1.807, 2.05) is 11.8 Å². The molecule has 0 N–H and O–H groups in total. The van der Waals surface area contributed by atoms with Gasteiger partial charge in [0.1, 0.15) is 16.2 Å². The van der Waals surface area contributed by atoms with Gasteiger partial charge in [0.25, 0.3) is 0 Å². The van der Waals surface area contributed by atoms with Crippen molar-refractivity contribution in [3.8, 4) is 0 Å². The first kappa shape index (κ1) is 17.2. The predicted octanol–water partition coefficient (Wildman–Crippen LogP) is 5.29. The van der Waals surface area contributed by atoms with Crippen LogP contribution in [-0.4, -0.2) is 26.3 Å². The third kappa shape index (κ3) is 3.04. The molecule has 4 heterocycles. The Labute approximate surface area is 156 Å². The molecule has 1 aliphatic rings. The minimum Gasteiger partial charge on any atom is -0.370 e. The van der Waals surface area contributed by atoms with Gasteiger partial charge in [0.15, 0.2) is 0 Å². The lowest BCUT2D eigenvalue weighted by Gasteiger charge is -2.32. The summed E-state index contributed by atoms with van der Waals surface area (Å²) in [4.78, 5) is 15.2. The molecule has 0 atom stereocenters. The molecule has 4 rings (SSSR count). The summed E-state index contributed by atoms with van der Waals surface area (Å²) in [6.07, 6.45) is 5.02. The van der Waals surface area contributed by atoms with Gasteiger partial charge >= 0.3 is 0 Å². The van der Waals surface area contributed by atoms with E-state index in [4.69, 9.17) is 9.72 Å². The Bertz CT molecular complexity index is 949. The van der Waals surface area contributed by atoms with Crippen LogP contribution in [0.5, 0.6) is 0 Å². The Morgan fingerprint density at radius 1 is 1.28 bits per heavy atom. The third-order valence-corrected chi connectivity index (χ3v) is 7.02. The summed E-state index contributed by atoms with van der Waals surface area (Å²) in [7, 11) is 0. The molecule has 0 amide bonds. The molecule has 132 valence electrons. The standard InChI is InChI=1S/C19H23N3OS2/c1-5-6-7-24-18-16-15(20-10-21-18)14-12-8-19(3,4)23-9-13(12)11(2)22-17(14)25-16/h10H,5-9H2,1-4H3. The van der Waals surface area contributed by atoms with E-state index in [-0.39, 0.29) is 5.60 Å². The Balaban J connectivity index is 1.93. The van der Waals surface area contributed by atoms with Gasteiger partial charge in [0, 0.05) is 23.1 Å². The molecular formula is C19H23N3OS2. The van der Waals surface area contributed by atoms with E-state index in [0.717, 1.165) is 33.2 Å². The van der Waals surface area contributed by atoms with E-state index >= 15 is 0 Å². The second-order valence-electron chi connectivity index (χ2n) is 7.22. The van der Waals surface area contributed by atoms with Crippen LogP contribution < -0.4 is 0 Å². The lowest BCUT2D eigenvalue weighted by atomic mass is 9.89. The van der Waals surface area contributed by atoms with E-state index in [9.17, 15) is 0 Å². The molecular weight excluding hydrogens is 350 g/mol. The van der Waals surface area contributed by atoms with Crippen molar-refractivity contribution in [2.45, 2.75) is 64.2 Å². The smallest absolute Gasteiger partial charge is 0.126 e. The van der Waals surface area contributed by atoms with Crippen molar-refractivity contribution in [2.75, 3.05) is 5.75 Å². The number of fused-ring (bicyclic) bond motifs is 5. The van der Waals surface area contributed by atoms with Gasteiger partial charge in [-0.25, -0.2) is 15.0 Å². The number of thioether (sulfide) groups is 1. The van der Waals surface area contributed by atoms with Gasteiger partial charge in [-0.05, 0) is 38.5 Å². The number of aromatic nitrogens is 3. The molecule has 0 aromatic carbocycles. The summed E-state index contributed by atoms with van der Waals surface area (Å²) in [5.41, 5.74) is 4.61. The van der Waals surface area contributed by atoms with E-state index in [2.05, 4.69) is 37.7 Å². The SMILES string of the molecule is CCCCSc1ncnc2c1sc1nc(C)c3c(c12)CC(C)(C)OC3. The monoisotopic (exact) mass is 373 g/mol. The molecule has 0 saturated carbocycles. The van der Waals surface area contributed by atoms with Gasteiger partial charge in [0.2, 0.25) is 0 Å². The summed E-state index contributed by atoms with van der Waals surface area (Å²) in [5.74, 6) is 1.10. The van der Waals surface area contributed by atoms with Crippen molar-refractivity contribution in [3.63, 3.8) is 0 Å². The van der Waals surface area contributed by atoms with Crippen LogP contribution in [0.2, 0.25) is 0 Å². The zero-order chi connectivity index (χ0) is 17.6. The van der Waals surface area contributed by atoms with Gasteiger partial charge < -0.3 is 4.74 Å².